The molecule has 2 rings (SSSR count). The largest absolute Gasteiger partial charge is 0.507 e. The molecule has 0 unspecified atom stereocenters. The monoisotopic (exact) mass is 253 g/mol. The molecule has 0 saturated heterocycles. The van der Waals surface area contributed by atoms with Gasteiger partial charge in [0.25, 0.3) is 0 Å². The van der Waals surface area contributed by atoms with E-state index in [0.717, 1.165) is 36.0 Å². The van der Waals surface area contributed by atoms with E-state index < -0.39 is 0 Å². The maximum absolute atomic E-state index is 10.4. The first-order valence-corrected chi connectivity index (χ1v) is 6.56. The maximum Gasteiger partial charge on any atom is 0.124 e. The summed E-state index contributed by atoms with van der Waals surface area (Å²) in [7, 11) is 0. The molecular formula is C14H20ClNO. The second-order valence-electron chi connectivity index (χ2n) is 5.46. The summed E-state index contributed by atoms with van der Waals surface area (Å²) >= 11 is 6.26. The normalized spacial score (nSPS) is 18.2. The smallest absolute Gasteiger partial charge is 0.124 e. The van der Waals surface area contributed by atoms with Crippen LogP contribution in [0.1, 0.15) is 55.7 Å². The van der Waals surface area contributed by atoms with Crippen molar-refractivity contribution < 1.29 is 5.11 Å². The van der Waals surface area contributed by atoms with E-state index in [1.54, 1.807) is 0 Å². The van der Waals surface area contributed by atoms with Crippen LogP contribution in [0, 0.1) is 6.92 Å². The quantitative estimate of drug-likeness (QED) is 0.842. The van der Waals surface area contributed by atoms with E-state index in [2.05, 4.69) is 13.8 Å². The molecule has 1 aliphatic rings. The third-order valence-electron chi connectivity index (χ3n) is 3.89. The van der Waals surface area contributed by atoms with Gasteiger partial charge in [-0.05, 0) is 49.3 Å². The Hall–Kier alpha value is -0.730. The van der Waals surface area contributed by atoms with Crippen molar-refractivity contribution in [3.63, 3.8) is 0 Å². The van der Waals surface area contributed by atoms with Gasteiger partial charge in [0.2, 0.25) is 0 Å². The van der Waals surface area contributed by atoms with Crippen LogP contribution in [0.25, 0.3) is 0 Å². The van der Waals surface area contributed by atoms with Crippen molar-refractivity contribution in [3.8, 4) is 5.75 Å². The van der Waals surface area contributed by atoms with Gasteiger partial charge in [-0.1, -0.05) is 25.4 Å². The topological polar surface area (TPSA) is 46.2 Å². The minimum absolute atomic E-state index is 0.246. The molecule has 0 bridgehead atoms. The van der Waals surface area contributed by atoms with Crippen LogP contribution in [-0.4, -0.2) is 5.11 Å². The van der Waals surface area contributed by atoms with Gasteiger partial charge in [-0.3, -0.25) is 0 Å². The molecule has 0 spiro atoms. The highest BCUT2D eigenvalue weighted by Crippen LogP contribution is 2.47. The van der Waals surface area contributed by atoms with E-state index in [-0.39, 0.29) is 11.5 Å². The van der Waals surface area contributed by atoms with E-state index in [9.17, 15) is 5.11 Å². The highest BCUT2D eigenvalue weighted by molar-refractivity contribution is 6.31. The highest BCUT2D eigenvalue weighted by Gasteiger charge is 2.39. The summed E-state index contributed by atoms with van der Waals surface area (Å²) in [6.45, 7) is 6.04. The Morgan fingerprint density at radius 2 is 2.00 bits per heavy atom. The van der Waals surface area contributed by atoms with Gasteiger partial charge in [-0.25, -0.2) is 0 Å². The molecule has 0 aromatic heterocycles. The molecule has 0 heterocycles. The molecule has 1 fully saturated rings. The van der Waals surface area contributed by atoms with Gasteiger partial charge < -0.3 is 10.8 Å². The summed E-state index contributed by atoms with van der Waals surface area (Å²) in [6.07, 6.45) is 2.98. The number of phenolic OH excluding ortho intramolecular Hbond substituents is 1. The molecule has 0 amide bonds. The zero-order valence-corrected chi connectivity index (χ0v) is 11.4. The van der Waals surface area contributed by atoms with E-state index in [1.807, 2.05) is 13.0 Å². The molecule has 0 atom stereocenters. The third-order valence-corrected chi connectivity index (χ3v) is 4.28. The Kier molecular flexibility index (Phi) is 3.13. The summed E-state index contributed by atoms with van der Waals surface area (Å²) in [5.74, 6) is 0.597. The van der Waals surface area contributed by atoms with Crippen LogP contribution in [0.4, 0.5) is 0 Å². The molecule has 3 N–H and O–H groups in total. The molecule has 1 aromatic carbocycles. The zero-order chi connectivity index (χ0) is 12.8. The summed E-state index contributed by atoms with van der Waals surface area (Å²) in [4.78, 5) is 0. The molecule has 1 saturated carbocycles. The zero-order valence-electron chi connectivity index (χ0n) is 10.7. The number of aromatic hydroxyl groups is 1. The maximum atomic E-state index is 10.4. The van der Waals surface area contributed by atoms with E-state index >= 15 is 0 Å². The standard InChI is InChI=1S/C14H20ClNO/c1-8(2)10-7-11(15)9(3)12(13(10)17)14(16)5-4-6-14/h7-8,17H,4-6,16H2,1-3H3. The number of hydrogen-bond donors (Lipinski definition) is 2. The Bertz CT molecular complexity index is 450. The predicted molar refractivity (Wildman–Crippen MR) is 71.7 cm³/mol. The Labute approximate surface area is 108 Å². The second-order valence-corrected chi connectivity index (χ2v) is 5.87. The van der Waals surface area contributed by atoms with Gasteiger partial charge in [0.15, 0.2) is 0 Å². The number of nitrogens with two attached hydrogens (primary N) is 1. The average Bonchev–Trinajstić information content (AvgIpc) is 2.20. The van der Waals surface area contributed by atoms with Crippen LogP contribution < -0.4 is 5.73 Å². The fourth-order valence-corrected chi connectivity index (χ4v) is 2.82. The van der Waals surface area contributed by atoms with Crippen LogP contribution in [0.3, 0.4) is 0 Å². The van der Waals surface area contributed by atoms with Crippen molar-refractivity contribution in [1.29, 1.82) is 0 Å². The first-order chi connectivity index (χ1) is 7.87. The number of rotatable bonds is 2. The van der Waals surface area contributed by atoms with Crippen LogP contribution in [-0.2, 0) is 5.54 Å². The summed E-state index contributed by atoms with van der Waals surface area (Å²) in [5.41, 5.74) is 8.66. The number of benzene rings is 1. The lowest BCUT2D eigenvalue weighted by Crippen LogP contribution is -2.44. The number of hydrogen-bond acceptors (Lipinski definition) is 2. The van der Waals surface area contributed by atoms with Crippen molar-refractivity contribution in [2.75, 3.05) is 0 Å². The SMILES string of the molecule is Cc1c(Cl)cc(C(C)C)c(O)c1C1(N)CCC1. The first-order valence-electron chi connectivity index (χ1n) is 6.18. The molecule has 1 aromatic rings. The van der Waals surface area contributed by atoms with Crippen LogP contribution >= 0.6 is 11.6 Å². The van der Waals surface area contributed by atoms with E-state index in [1.165, 1.54) is 0 Å². The first kappa shape index (κ1) is 12.7. The average molecular weight is 254 g/mol. The van der Waals surface area contributed by atoms with Crippen molar-refractivity contribution in [1.82, 2.24) is 0 Å². The fraction of sp³-hybridized carbons (Fsp3) is 0.571. The fourth-order valence-electron chi connectivity index (χ4n) is 2.61. The third kappa shape index (κ3) is 1.94. The van der Waals surface area contributed by atoms with Crippen molar-refractivity contribution in [2.24, 2.45) is 5.73 Å². The van der Waals surface area contributed by atoms with Crippen LogP contribution in [0.2, 0.25) is 5.02 Å². The lowest BCUT2D eigenvalue weighted by Gasteiger charge is -2.40. The molecule has 2 nitrogen and oxygen atoms in total. The van der Waals surface area contributed by atoms with Gasteiger partial charge in [0, 0.05) is 16.1 Å². The number of phenols is 1. The molecule has 0 aliphatic heterocycles. The van der Waals surface area contributed by atoms with Gasteiger partial charge in [0.05, 0.1) is 0 Å². The van der Waals surface area contributed by atoms with Gasteiger partial charge in [0.1, 0.15) is 5.75 Å². The van der Waals surface area contributed by atoms with Crippen molar-refractivity contribution in [3.05, 3.63) is 27.8 Å². The van der Waals surface area contributed by atoms with E-state index in [4.69, 9.17) is 17.3 Å². The summed E-state index contributed by atoms with van der Waals surface area (Å²) < 4.78 is 0. The van der Waals surface area contributed by atoms with Crippen molar-refractivity contribution in [2.45, 2.75) is 51.5 Å². The molecule has 3 heteroatoms. The lowest BCUT2D eigenvalue weighted by molar-refractivity contribution is 0.243. The molecular weight excluding hydrogens is 234 g/mol. The predicted octanol–water partition coefficient (Wildman–Crippen LogP) is 3.82. The van der Waals surface area contributed by atoms with Gasteiger partial charge in [-0.15, -0.1) is 0 Å². The Morgan fingerprint density at radius 1 is 1.41 bits per heavy atom. The lowest BCUT2D eigenvalue weighted by atomic mass is 9.70. The van der Waals surface area contributed by atoms with Crippen LogP contribution in [0.15, 0.2) is 6.07 Å². The highest BCUT2D eigenvalue weighted by atomic mass is 35.5. The second kappa shape index (κ2) is 4.18. The minimum atomic E-state index is -0.372. The molecule has 1 aliphatic carbocycles. The van der Waals surface area contributed by atoms with Crippen LogP contribution in [0.5, 0.6) is 5.75 Å². The minimum Gasteiger partial charge on any atom is -0.507 e. The van der Waals surface area contributed by atoms with Crippen molar-refractivity contribution >= 4 is 11.6 Å². The molecule has 94 valence electrons. The summed E-state index contributed by atoms with van der Waals surface area (Å²) in [5, 5.41) is 11.1. The van der Waals surface area contributed by atoms with Gasteiger partial charge in [-0.2, -0.15) is 0 Å². The van der Waals surface area contributed by atoms with Gasteiger partial charge >= 0.3 is 0 Å². The van der Waals surface area contributed by atoms with E-state index in [0.29, 0.717) is 10.8 Å². The molecule has 0 radical (unpaired) electrons. The summed E-state index contributed by atoms with van der Waals surface area (Å²) in [6, 6.07) is 1.86. The Morgan fingerprint density at radius 3 is 2.41 bits per heavy atom. The molecule has 17 heavy (non-hydrogen) atoms. The number of halogens is 1. The Balaban J connectivity index is 2.64.